The minimum atomic E-state index is 0.297. The Bertz CT molecular complexity index is 462. The van der Waals surface area contributed by atoms with E-state index in [2.05, 4.69) is 10.3 Å². The first-order valence-corrected chi connectivity index (χ1v) is 7.17. The molecule has 4 heteroatoms. The van der Waals surface area contributed by atoms with Gasteiger partial charge in [0.15, 0.2) is 0 Å². The number of rotatable bonds is 4. The highest BCUT2D eigenvalue weighted by molar-refractivity contribution is 5.82. The van der Waals surface area contributed by atoms with Crippen LogP contribution < -0.4 is 11.1 Å². The van der Waals surface area contributed by atoms with Crippen molar-refractivity contribution in [3.8, 4) is 0 Å². The molecule has 2 atom stereocenters. The van der Waals surface area contributed by atoms with Crippen molar-refractivity contribution in [1.82, 2.24) is 10.3 Å². The Morgan fingerprint density at radius 1 is 1.37 bits per heavy atom. The van der Waals surface area contributed by atoms with Crippen molar-refractivity contribution in [2.24, 2.45) is 5.92 Å². The largest absolute Gasteiger partial charge is 0.398 e. The third-order valence-electron chi connectivity index (χ3n) is 4.42. The monoisotopic (exact) mass is 259 g/mol. The third-order valence-corrected chi connectivity index (χ3v) is 4.42. The molecule has 0 aliphatic carbocycles. The molecule has 0 saturated carbocycles. The maximum atomic E-state index is 12.2. The van der Waals surface area contributed by atoms with Crippen LogP contribution in [0.25, 0.3) is 0 Å². The van der Waals surface area contributed by atoms with Crippen LogP contribution in [0.4, 0.5) is 5.69 Å². The van der Waals surface area contributed by atoms with E-state index in [4.69, 9.17) is 5.73 Å². The van der Waals surface area contributed by atoms with Gasteiger partial charge in [0.2, 0.25) is 0 Å². The number of Topliss-reactive ketones (excluding diaryl/α,β-unsaturated/α-hetero) is 1. The number of anilines is 1. The molecule has 0 radical (unpaired) electrons. The van der Waals surface area contributed by atoms with E-state index in [0.29, 0.717) is 42.3 Å². The zero-order chi connectivity index (χ0) is 13.2. The Hall–Kier alpha value is -1.42. The van der Waals surface area contributed by atoms with Crippen LogP contribution in [0.2, 0.25) is 0 Å². The van der Waals surface area contributed by atoms with Gasteiger partial charge < -0.3 is 11.1 Å². The van der Waals surface area contributed by atoms with E-state index < -0.39 is 0 Å². The van der Waals surface area contributed by atoms with Gasteiger partial charge in [0.05, 0.1) is 0 Å². The highest BCUT2D eigenvalue weighted by Crippen LogP contribution is 2.33. The van der Waals surface area contributed by atoms with Crippen LogP contribution in [-0.2, 0) is 11.2 Å². The molecule has 2 aliphatic rings. The molecule has 2 saturated heterocycles. The van der Waals surface area contributed by atoms with Gasteiger partial charge in [-0.3, -0.25) is 9.78 Å². The van der Waals surface area contributed by atoms with Gasteiger partial charge in [-0.15, -0.1) is 0 Å². The topological polar surface area (TPSA) is 68.0 Å². The number of carbonyl (C=O) groups excluding carboxylic acids is 1. The lowest BCUT2D eigenvalue weighted by atomic mass is 9.87. The van der Waals surface area contributed by atoms with E-state index in [0.717, 1.165) is 18.4 Å². The maximum Gasteiger partial charge on any atom is 0.137 e. The molecule has 4 nitrogen and oxygen atoms in total. The van der Waals surface area contributed by atoms with Gasteiger partial charge in [0.1, 0.15) is 5.78 Å². The number of carbonyl (C=O) groups is 1. The molecule has 1 aromatic rings. The number of nitrogens with one attached hydrogen (secondary N) is 1. The molecule has 2 aliphatic heterocycles. The van der Waals surface area contributed by atoms with Crippen LogP contribution in [-0.4, -0.2) is 22.9 Å². The van der Waals surface area contributed by atoms with E-state index in [1.165, 1.54) is 12.8 Å². The van der Waals surface area contributed by atoms with Crippen LogP contribution in [0.1, 0.15) is 37.7 Å². The Morgan fingerprint density at radius 2 is 2.11 bits per heavy atom. The summed E-state index contributed by atoms with van der Waals surface area (Å²) in [5, 5.41) is 3.61. The van der Waals surface area contributed by atoms with Crippen LogP contribution in [0.15, 0.2) is 18.5 Å². The van der Waals surface area contributed by atoms with Gasteiger partial charge in [0.25, 0.3) is 0 Å². The van der Waals surface area contributed by atoms with Gasteiger partial charge in [-0.2, -0.15) is 0 Å². The molecule has 0 aromatic carbocycles. The zero-order valence-electron chi connectivity index (χ0n) is 11.1. The second-order valence-electron chi connectivity index (χ2n) is 5.97. The normalized spacial score (nSPS) is 29.4. The number of pyridine rings is 1. The lowest BCUT2D eigenvalue weighted by Gasteiger charge is -2.28. The first-order chi connectivity index (χ1) is 9.20. The average Bonchev–Trinajstić information content (AvgIpc) is 2.72. The lowest BCUT2D eigenvalue weighted by Crippen LogP contribution is -2.38. The highest BCUT2D eigenvalue weighted by Gasteiger charge is 2.34. The zero-order valence-corrected chi connectivity index (χ0v) is 11.1. The minimum absolute atomic E-state index is 0.297. The summed E-state index contributed by atoms with van der Waals surface area (Å²) in [6.45, 7) is 0. The summed E-state index contributed by atoms with van der Waals surface area (Å²) in [5.74, 6) is 0.857. The summed E-state index contributed by atoms with van der Waals surface area (Å²) < 4.78 is 0. The SMILES string of the molecule is Nc1ccncc1CC(=O)CC1CC2CCC(C1)N2. The quantitative estimate of drug-likeness (QED) is 0.863. The molecule has 2 bridgehead atoms. The predicted octanol–water partition coefficient (Wildman–Crippen LogP) is 1.70. The Kier molecular flexibility index (Phi) is 3.51. The lowest BCUT2D eigenvalue weighted by molar-refractivity contribution is -0.119. The molecule has 0 spiro atoms. The molecule has 1 aromatic heterocycles. The van der Waals surface area contributed by atoms with E-state index in [1.807, 2.05) is 0 Å². The first-order valence-electron chi connectivity index (χ1n) is 7.17. The molecule has 0 amide bonds. The molecule has 102 valence electrons. The van der Waals surface area contributed by atoms with Crippen LogP contribution in [0, 0.1) is 5.92 Å². The van der Waals surface area contributed by atoms with Crippen molar-refractivity contribution >= 4 is 11.5 Å². The number of aromatic nitrogens is 1. The van der Waals surface area contributed by atoms with Crippen molar-refractivity contribution < 1.29 is 4.79 Å². The van der Waals surface area contributed by atoms with Gasteiger partial charge in [0, 0.05) is 48.6 Å². The standard InChI is InChI=1S/C15H21N3O/c16-15-3-4-17-9-11(15)8-14(19)7-10-5-12-1-2-13(6-10)18-12/h3-4,9-10,12-13,18H,1-2,5-8H2,(H2,16,17). The summed E-state index contributed by atoms with van der Waals surface area (Å²) in [5.41, 5.74) is 7.39. The molecule has 2 fully saturated rings. The fraction of sp³-hybridized carbons (Fsp3) is 0.600. The molecule has 3 rings (SSSR count). The third kappa shape index (κ3) is 2.95. The van der Waals surface area contributed by atoms with Gasteiger partial charge >= 0.3 is 0 Å². The van der Waals surface area contributed by atoms with E-state index in [9.17, 15) is 4.79 Å². The molecule has 3 heterocycles. The fourth-order valence-electron chi connectivity index (χ4n) is 3.53. The van der Waals surface area contributed by atoms with Crippen molar-refractivity contribution in [2.45, 2.75) is 50.6 Å². The molecule has 2 unspecified atom stereocenters. The van der Waals surface area contributed by atoms with Crippen molar-refractivity contribution in [3.63, 3.8) is 0 Å². The number of nitrogen functional groups attached to an aromatic ring is 1. The number of nitrogens with zero attached hydrogens (tertiary/aromatic N) is 1. The summed E-state index contributed by atoms with van der Waals surface area (Å²) >= 11 is 0. The predicted molar refractivity (Wildman–Crippen MR) is 74.6 cm³/mol. The second-order valence-corrected chi connectivity index (χ2v) is 5.97. The van der Waals surface area contributed by atoms with Gasteiger partial charge in [-0.1, -0.05) is 0 Å². The fourth-order valence-corrected chi connectivity index (χ4v) is 3.53. The Labute approximate surface area is 113 Å². The summed E-state index contributed by atoms with van der Waals surface area (Å²) in [6.07, 6.45) is 9.38. The van der Waals surface area contributed by atoms with Crippen LogP contribution in [0.5, 0.6) is 0 Å². The smallest absolute Gasteiger partial charge is 0.137 e. The Morgan fingerprint density at radius 3 is 2.79 bits per heavy atom. The summed E-state index contributed by atoms with van der Waals surface area (Å²) in [6, 6.07) is 3.06. The number of nitrogens with two attached hydrogens (primary N) is 1. The van der Waals surface area contributed by atoms with E-state index >= 15 is 0 Å². The van der Waals surface area contributed by atoms with Crippen LogP contribution >= 0.6 is 0 Å². The second kappa shape index (κ2) is 5.29. The summed E-state index contributed by atoms with van der Waals surface area (Å²) in [7, 11) is 0. The first kappa shape index (κ1) is 12.6. The van der Waals surface area contributed by atoms with E-state index in [-0.39, 0.29) is 0 Å². The molecular formula is C15H21N3O. The van der Waals surface area contributed by atoms with Crippen LogP contribution in [0.3, 0.4) is 0 Å². The van der Waals surface area contributed by atoms with Crippen molar-refractivity contribution in [2.75, 3.05) is 5.73 Å². The molecule has 19 heavy (non-hydrogen) atoms. The molecule has 3 N–H and O–H groups in total. The highest BCUT2D eigenvalue weighted by atomic mass is 16.1. The van der Waals surface area contributed by atoms with E-state index in [1.54, 1.807) is 18.5 Å². The van der Waals surface area contributed by atoms with Gasteiger partial charge in [-0.25, -0.2) is 0 Å². The number of hydrogen-bond donors (Lipinski definition) is 2. The number of hydrogen-bond acceptors (Lipinski definition) is 4. The number of fused-ring (bicyclic) bond motifs is 2. The van der Waals surface area contributed by atoms with Crippen molar-refractivity contribution in [3.05, 3.63) is 24.0 Å². The molecular weight excluding hydrogens is 238 g/mol. The van der Waals surface area contributed by atoms with Gasteiger partial charge in [-0.05, 0) is 37.7 Å². The summed E-state index contributed by atoms with van der Waals surface area (Å²) in [4.78, 5) is 16.2. The Balaban J connectivity index is 1.56. The minimum Gasteiger partial charge on any atom is -0.398 e. The number of piperidine rings is 1. The maximum absolute atomic E-state index is 12.2. The average molecular weight is 259 g/mol. The van der Waals surface area contributed by atoms with Crippen molar-refractivity contribution in [1.29, 1.82) is 0 Å². The number of ketones is 1.